The number of nitrogens with zero attached hydrogens (tertiary/aromatic N) is 2. The van der Waals surface area contributed by atoms with Crippen molar-refractivity contribution in [3.05, 3.63) is 29.8 Å². The maximum absolute atomic E-state index is 6.09. The first-order chi connectivity index (χ1) is 10.7. The monoisotopic (exact) mass is 299 g/mol. The van der Waals surface area contributed by atoms with Crippen molar-refractivity contribution in [2.75, 3.05) is 7.11 Å². The van der Waals surface area contributed by atoms with E-state index in [0.29, 0.717) is 11.8 Å². The summed E-state index contributed by atoms with van der Waals surface area (Å²) in [6.07, 6.45) is 7.48. The van der Waals surface area contributed by atoms with Gasteiger partial charge in [0, 0.05) is 11.5 Å². The van der Waals surface area contributed by atoms with Crippen LogP contribution in [0.3, 0.4) is 0 Å². The Kier molecular flexibility index (Phi) is 4.19. The molecular formula is C18H25N3O. The molecule has 0 bridgehead atoms. The highest BCUT2D eigenvalue weighted by atomic mass is 16.5. The lowest BCUT2D eigenvalue weighted by atomic mass is 9.82. The molecule has 22 heavy (non-hydrogen) atoms. The third kappa shape index (κ3) is 2.62. The van der Waals surface area contributed by atoms with Gasteiger partial charge in [-0.3, -0.25) is 4.99 Å². The SMILES string of the molecule is COc1ccc([C@]2(C3CCCCCC3)N=C(C)C(N)=N2)cc1. The summed E-state index contributed by atoms with van der Waals surface area (Å²) in [4.78, 5) is 9.78. The molecule has 0 unspecified atom stereocenters. The van der Waals surface area contributed by atoms with Crippen molar-refractivity contribution in [2.24, 2.45) is 21.6 Å². The van der Waals surface area contributed by atoms with E-state index in [1.165, 1.54) is 38.5 Å². The zero-order chi connectivity index (χ0) is 15.6. The fourth-order valence-electron chi connectivity index (χ4n) is 3.67. The fraction of sp³-hybridized carbons (Fsp3) is 0.556. The molecule has 4 nitrogen and oxygen atoms in total. The predicted octanol–water partition coefficient (Wildman–Crippen LogP) is 3.65. The number of methoxy groups -OCH3 is 1. The van der Waals surface area contributed by atoms with Gasteiger partial charge >= 0.3 is 0 Å². The molecule has 4 heteroatoms. The van der Waals surface area contributed by atoms with Gasteiger partial charge in [0.05, 0.1) is 12.8 Å². The van der Waals surface area contributed by atoms with E-state index in [2.05, 4.69) is 12.1 Å². The zero-order valence-corrected chi connectivity index (χ0v) is 13.5. The Hall–Kier alpha value is -1.84. The number of benzene rings is 1. The Morgan fingerprint density at radius 2 is 1.68 bits per heavy atom. The largest absolute Gasteiger partial charge is 0.497 e. The van der Waals surface area contributed by atoms with E-state index in [1.54, 1.807) is 7.11 Å². The van der Waals surface area contributed by atoms with E-state index in [1.807, 2.05) is 19.1 Å². The van der Waals surface area contributed by atoms with Gasteiger partial charge in [-0.2, -0.15) is 0 Å². The minimum Gasteiger partial charge on any atom is -0.497 e. The second-order valence-corrected chi connectivity index (χ2v) is 6.34. The zero-order valence-electron chi connectivity index (χ0n) is 13.5. The fourth-order valence-corrected chi connectivity index (χ4v) is 3.67. The number of nitrogens with two attached hydrogens (primary N) is 1. The highest BCUT2D eigenvalue weighted by Gasteiger charge is 2.43. The van der Waals surface area contributed by atoms with Crippen LogP contribution in [0.15, 0.2) is 34.3 Å². The van der Waals surface area contributed by atoms with Gasteiger partial charge in [-0.1, -0.05) is 37.8 Å². The molecule has 3 rings (SSSR count). The van der Waals surface area contributed by atoms with Crippen molar-refractivity contribution in [1.29, 1.82) is 0 Å². The molecule has 1 aromatic carbocycles. The van der Waals surface area contributed by atoms with E-state index in [9.17, 15) is 0 Å². The molecule has 0 saturated heterocycles. The van der Waals surface area contributed by atoms with E-state index in [0.717, 1.165) is 17.0 Å². The van der Waals surface area contributed by atoms with Crippen LogP contribution in [0.25, 0.3) is 0 Å². The van der Waals surface area contributed by atoms with Gasteiger partial charge in [-0.15, -0.1) is 0 Å². The van der Waals surface area contributed by atoms with Crippen LogP contribution in [0.2, 0.25) is 0 Å². The van der Waals surface area contributed by atoms with E-state index in [4.69, 9.17) is 20.5 Å². The normalized spacial score (nSPS) is 26.3. The lowest BCUT2D eigenvalue weighted by Crippen LogP contribution is -2.30. The highest BCUT2D eigenvalue weighted by molar-refractivity contribution is 6.41. The lowest BCUT2D eigenvalue weighted by Gasteiger charge is -2.32. The van der Waals surface area contributed by atoms with Crippen LogP contribution in [-0.4, -0.2) is 18.7 Å². The molecule has 1 fully saturated rings. The first-order valence-corrected chi connectivity index (χ1v) is 8.22. The maximum Gasteiger partial charge on any atom is 0.181 e. The Bertz CT molecular complexity index is 563. The van der Waals surface area contributed by atoms with Gasteiger partial charge in [-0.25, -0.2) is 4.99 Å². The van der Waals surface area contributed by atoms with Crippen LogP contribution in [0.4, 0.5) is 0 Å². The Balaban J connectivity index is 2.03. The number of rotatable bonds is 3. The molecule has 0 amide bonds. The number of ether oxygens (including phenoxy) is 1. The van der Waals surface area contributed by atoms with Crippen LogP contribution >= 0.6 is 0 Å². The smallest absolute Gasteiger partial charge is 0.181 e. The first kappa shape index (κ1) is 15.1. The molecular weight excluding hydrogens is 274 g/mol. The first-order valence-electron chi connectivity index (χ1n) is 8.22. The summed E-state index contributed by atoms with van der Waals surface area (Å²) >= 11 is 0. The summed E-state index contributed by atoms with van der Waals surface area (Å²) in [6, 6.07) is 8.15. The van der Waals surface area contributed by atoms with E-state index < -0.39 is 5.66 Å². The number of aliphatic imine (C=N–C) groups is 2. The highest BCUT2D eigenvalue weighted by Crippen LogP contribution is 2.45. The Morgan fingerprint density at radius 3 is 2.18 bits per heavy atom. The van der Waals surface area contributed by atoms with Crippen LogP contribution in [0.5, 0.6) is 5.75 Å². The molecule has 1 aliphatic heterocycles. The molecule has 2 aliphatic rings. The lowest BCUT2D eigenvalue weighted by molar-refractivity contribution is 0.263. The van der Waals surface area contributed by atoms with E-state index in [-0.39, 0.29) is 0 Å². The van der Waals surface area contributed by atoms with Crippen molar-refractivity contribution >= 4 is 11.5 Å². The summed E-state index contributed by atoms with van der Waals surface area (Å²) in [5.41, 5.74) is 7.55. The van der Waals surface area contributed by atoms with Crippen LogP contribution in [-0.2, 0) is 5.66 Å². The van der Waals surface area contributed by atoms with Gasteiger partial charge in [0.1, 0.15) is 11.6 Å². The number of hydrogen-bond acceptors (Lipinski definition) is 4. The quantitative estimate of drug-likeness (QED) is 0.866. The Morgan fingerprint density at radius 1 is 1.05 bits per heavy atom. The van der Waals surface area contributed by atoms with Crippen LogP contribution < -0.4 is 10.5 Å². The molecule has 118 valence electrons. The molecule has 1 saturated carbocycles. The molecule has 0 radical (unpaired) electrons. The van der Waals surface area contributed by atoms with Gasteiger partial charge in [-0.05, 0) is 31.9 Å². The molecule has 1 atom stereocenters. The Labute approximate surface area is 132 Å². The average molecular weight is 299 g/mol. The molecule has 0 aromatic heterocycles. The summed E-state index contributed by atoms with van der Waals surface area (Å²) < 4.78 is 5.28. The van der Waals surface area contributed by atoms with Gasteiger partial charge in [0.25, 0.3) is 0 Å². The second kappa shape index (κ2) is 6.11. The molecule has 1 heterocycles. The predicted molar refractivity (Wildman–Crippen MR) is 90.6 cm³/mol. The topological polar surface area (TPSA) is 60.0 Å². The third-order valence-corrected chi connectivity index (χ3v) is 4.94. The van der Waals surface area contributed by atoms with Gasteiger partial charge in [0.2, 0.25) is 0 Å². The summed E-state index contributed by atoms with van der Waals surface area (Å²) in [7, 11) is 1.68. The van der Waals surface area contributed by atoms with Crippen molar-refractivity contribution in [3.8, 4) is 5.75 Å². The number of hydrogen-bond donors (Lipinski definition) is 1. The summed E-state index contributed by atoms with van der Waals surface area (Å²) in [6.45, 7) is 1.96. The van der Waals surface area contributed by atoms with E-state index >= 15 is 0 Å². The van der Waals surface area contributed by atoms with Gasteiger partial charge in [0.15, 0.2) is 5.66 Å². The molecule has 1 aliphatic carbocycles. The summed E-state index contributed by atoms with van der Waals surface area (Å²) in [5, 5.41) is 0. The third-order valence-electron chi connectivity index (χ3n) is 4.94. The van der Waals surface area contributed by atoms with Crippen molar-refractivity contribution in [2.45, 2.75) is 51.1 Å². The van der Waals surface area contributed by atoms with Gasteiger partial charge < -0.3 is 10.5 Å². The second-order valence-electron chi connectivity index (χ2n) is 6.34. The molecule has 2 N–H and O–H groups in total. The molecule has 0 spiro atoms. The average Bonchev–Trinajstić information content (AvgIpc) is 2.75. The number of amidine groups is 1. The van der Waals surface area contributed by atoms with Crippen molar-refractivity contribution < 1.29 is 4.74 Å². The van der Waals surface area contributed by atoms with Crippen molar-refractivity contribution in [3.63, 3.8) is 0 Å². The maximum atomic E-state index is 6.09. The van der Waals surface area contributed by atoms with Crippen molar-refractivity contribution in [1.82, 2.24) is 0 Å². The summed E-state index contributed by atoms with van der Waals surface area (Å²) in [5.74, 6) is 1.87. The standard InChI is InChI=1S/C18H25N3O/c1-13-17(19)21-18(20-13,14-7-5-3-4-6-8-14)15-9-11-16(22-2)12-10-15/h9-12,14H,3-8H2,1-2H3,(H2,19,21)/t18-/m1/s1. The molecule has 1 aromatic rings. The van der Waals surface area contributed by atoms with Crippen LogP contribution in [0, 0.1) is 5.92 Å². The minimum atomic E-state index is -0.523. The minimum absolute atomic E-state index is 0.430. The van der Waals surface area contributed by atoms with Crippen LogP contribution in [0.1, 0.15) is 51.0 Å².